The maximum absolute atomic E-state index is 13.1. The number of nitrogens with zero attached hydrogens (tertiary/aromatic N) is 1. The molecule has 0 saturated heterocycles. The Bertz CT molecular complexity index is 357. The summed E-state index contributed by atoms with van der Waals surface area (Å²) in [6.07, 6.45) is 0. The van der Waals surface area contributed by atoms with Crippen LogP contribution in [0.4, 0.5) is 10.1 Å². The molecule has 0 aromatic heterocycles. The summed E-state index contributed by atoms with van der Waals surface area (Å²) in [5, 5.41) is 10.4. The second-order valence-electron chi connectivity index (χ2n) is 2.36. The highest BCUT2D eigenvalue weighted by Crippen LogP contribution is 2.22. The van der Waals surface area contributed by atoms with Crippen molar-refractivity contribution in [1.82, 2.24) is 0 Å². The highest BCUT2D eigenvalue weighted by molar-refractivity contribution is 14.1. The summed E-state index contributed by atoms with van der Waals surface area (Å²) < 4.78 is 13.4. The summed E-state index contributed by atoms with van der Waals surface area (Å²) in [6, 6.07) is 2.33. The van der Waals surface area contributed by atoms with Gasteiger partial charge in [-0.25, -0.2) is 4.39 Å². The average molecular weight is 296 g/mol. The second-order valence-corrected chi connectivity index (χ2v) is 3.52. The van der Waals surface area contributed by atoms with Gasteiger partial charge in [-0.3, -0.25) is 10.1 Å². The zero-order valence-electron chi connectivity index (χ0n) is 6.46. The molecule has 1 aromatic rings. The van der Waals surface area contributed by atoms with Crippen molar-refractivity contribution in [2.24, 2.45) is 5.73 Å². The fourth-order valence-electron chi connectivity index (χ4n) is 0.884. The Kier molecular flexibility index (Phi) is 3.15. The Balaban J connectivity index is 3.30. The molecule has 1 aromatic carbocycles. The van der Waals surface area contributed by atoms with Crippen LogP contribution in [0.1, 0.15) is 5.56 Å². The van der Waals surface area contributed by atoms with Gasteiger partial charge in [-0.15, -0.1) is 0 Å². The van der Waals surface area contributed by atoms with E-state index < -0.39 is 10.7 Å². The lowest BCUT2D eigenvalue weighted by atomic mass is 10.2. The topological polar surface area (TPSA) is 69.2 Å². The molecule has 0 aliphatic rings. The normalized spacial score (nSPS) is 10.1. The van der Waals surface area contributed by atoms with Crippen LogP contribution in [0.25, 0.3) is 0 Å². The van der Waals surface area contributed by atoms with Crippen LogP contribution in [-0.4, -0.2) is 4.92 Å². The molecule has 0 atom stereocenters. The van der Waals surface area contributed by atoms with Crippen LogP contribution < -0.4 is 5.73 Å². The molecule has 6 heteroatoms. The van der Waals surface area contributed by atoms with Crippen molar-refractivity contribution in [3.8, 4) is 0 Å². The van der Waals surface area contributed by atoms with Gasteiger partial charge in [0.05, 0.1) is 8.49 Å². The minimum absolute atomic E-state index is 0.0382. The minimum atomic E-state index is -0.569. The third-order valence-corrected chi connectivity index (χ3v) is 2.30. The van der Waals surface area contributed by atoms with E-state index in [0.29, 0.717) is 0 Å². The first-order valence-electron chi connectivity index (χ1n) is 3.38. The smallest absolute Gasteiger partial charge is 0.271 e. The zero-order valence-corrected chi connectivity index (χ0v) is 8.62. The number of non-ortho nitro benzene ring substituents is 1. The number of nitrogens with two attached hydrogens (primary N) is 1. The number of rotatable bonds is 2. The molecule has 4 nitrogen and oxygen atoms in total. The molecule has 0 fully saturated rings. The van der Waals surface area contributed by atoms with E-state index in [1.165, 1.54) is 6.07 Å². The van der Waals surface area contributed by atoms with Gasteiger partial charge in [0, 0.05) is 24.2 Å². The molecule has 0 aliphatic carbocycles. The summed E-state index contributed by atoms with van der Waals surface area (Å²) in [6.45, 7) is -0.0382. The van der Waals surface area contributed by atoms with Gasteiger partial charge in [0.1, 0.15) is 5.82 Å². The highest BCUT2D eigenvalue weighted by Gasteiger charge is 2.13. The van der Waals surface area contributed by atoms with E-state index in [9.17, 15) is 14.5 Å². The van der Waals surface area contributed by atoms with Crippen molar-refractivity contribution in [2.45, 2.75) is 6.54 Å². The number of nitro groups is 1. The van der Waals surface area contributed by atoms with Crippen molar-refractivity contribution in [2.75, 3.05) is 0 Å². The molecule has 70 valence electrons. The Morgan fingerprint density at radius 3 is 2.69 bits per heavy atom. The van der Waals surface area contributed by atoms with Gasteiger partial charge in [-0.1, -0.05) is 0 Å². The lowest BCUT2D eigenvalue weighted by Crippen LogP contribution is -2.03. The Morgan fingerprint density at radius 2 is 2.23 bits per heavy atom. The van der Waals surface area contributed by atoms with Crippen LogP contribution in [0, 0.1) is 19.5 Å². The van der Waals surface area contributed by atoms with Crippen LogP contribution >= 0.6 is 22.6 Å². The summed E-state index contributed by atoms with van der Waals surface area (Å²) >= 11 is 1.70. The first kappa shape index (κ1) is 10.3. The van der Waals surface area contributed by atoms with E-state index in [1.54, 1.807) is 22.6 Å². The number of benzene rings is 1. The average Bonchev–Trinajstić information content (AvgIpc) is 2.09. The highest BCUT2D eigenvalue weighted by atomic mass is 127. The third kappa shape index (κ3) is 2.13. The van der Waals surface area contributed by atoms with Crippen molar-refractivity contribution in [3.63, 3.8) is 0 Å². The molecule has 2 N–H and O–H groups in total. The molecule has 0 amide bonds. The van der Waals surface area contributed by atoms with Crippen molar-refractivity contribution < 1.29 is 9.31 Å². The Hall–Kier alpha value is -0.760. The van der Waals surface area contributed by atoms with Crippen LogP contribution in [0.5, 0.6) is 0 Å². The van der Waals surface area contributed by atoms with Crippen LogP contribution in [-0.2, 0) is 6.54 Å². The molecule has 0 aliphatic heterocycles. The molecule has 0 heterocycles. The molecular formula is C7H6FIN2O2. The fourth-order valence-corrected chi connectivity index (χ4v) is 1.55. The minimum Gasteiger partial charge on any atom is -0.326 e. The Labute approximate surface area is 87.2 Å². The van der Waals surface area contributed by atoms with E-state index in [-0.39, 0.29) is 21.4 Å². The van der Waals surface area contributed by atoms with Gasteiger partial charge in [-0.05, 0) is 22.6 Å². The summed E-state index contributed by atoms with van der Waals surface area (Å²) in [4.78, 5) is 9.80. The molecule has 0 unspecified atom stereocenters. The molecule has 0 saturated carbocycles. The first-order valence-corrected chi connectivity index (χ1v) is 4.46. The number of hydrogen-bond donors (Lipinski definition) is 1. The van der Waals surface area contributed by atoms with Crippen LogP contribution in [0.2, 0.25) is 0 Å². The fraction of sp³-hybridized carbons (Fsp3) is 0.143. The lowest BCUT2D eigenvalue weighted by Gasteiger charge is -2.01. The summed E-state index contributed by atoms with van der Waals surface area (Å²) in [5.41, 5.74) is 5.25. The third-order valence-electron chi connectivity index (χ3n) is 1.52. The molecule has 1 rings (SSSR count). The first-order chi connectivity index (χ1) is 6.06. The predicted molar refractivity (Wildman–Crippen MR) is 53.7 cm³/mol. The maximum atomic E-state index is 13.1. The number of nitro benzene ring substituents is 1. The van der Waals surface area contributed by atoms with Gasteiger partial charge in [0.25, 0.3) is 5.69 Å². The maximum Gasteiger partial charge on any atom is 0.271 e. The number of halogens is 2. The van der Waals surface area contributed by atoms with Crippen molar-refractivity contribution in [1.29, 1.82) is 0 Å². The van der Waals surface area contributed by atoms with E-state index in [0.717, 1.165) is 6.07 Å². The van der Waals surface area contributed by atoms with Gasteiger partial charge in [-0.2, -0.15) is 0 Å². The summed E-state index contributed by atoms with van der Waals surface area (Å²) in [5.74, 6) is -0.478. The quantitative estimate of drug-likeness (QED) is 0.514. The van der Waals surface area contributed by atoms with Crippen LogP contribution in [0.15, 0.2) is 12.1 Å². The monoisotopic (exact) mass is 296 g/mol. The number of hydrogen-bond acceptors (Lipinski definition) is 3. The molecule has 0 bridgehead atoms. The van der Waals surface area contributed by atoms with Gasteiger partial charge < -0.3 is 5.73 Å². The van der Waals surface area contributed by atoms with E-state index in [2.05, 4.69) is 0 Å². The predicted octanol–water partition coefficient (Wildman–Crippen LogP) is 1.80. The SMILES string of the molecule is NCc1cc([N+](=O)[O-])cc(I)c1F. The molecule has 0 radical (unpaired) electrons. The van der Waals surface area contributed by atoms with Gasteiger partial charge in [0.15, 0.2) is 0 Å². The van der Waals surface area contributed by atoms with E-state index in [4.69, 9.17) is 5.73 Å². The van der Waals surface area contributed by atoms with E-state index >= 15 is 0 Å². The lowest BCUT2D eigenvalue weighted by molar-refractivity contribution is -0.385. The molecular weight excluding hydrogens is 290 g/mol. The standard InChI is InChI=1S/C7H6FIN2O2/c8-7-4(3-10)1-5(11(12)13)2-6(7)9/h1-2H,3,10H2. The van der Waals surface area contributed by atoms with Crippen molar-refractivity contribution in [3.05, 3.63) is 37.2 Å². The summed E-state index contributed by atoms with van der Waals surface area (Å²) in [7, 11) is 0. The second kappa shape index (κ2) is 3.97. The van der Waals surface area contributed by atoms with Gasteiger partial charge >= 0.3 is 0 Å². The van der Waals surface area contributed by atoms with E-state index in [1.807, 2.05) is 0 Å². The zero-order chi connectivity index (χ0) is 10.0. The van der Waals surface area contributed by atoms with Gasteiger partial charge in [0.2, 0.25) is 0 Å². The molecule has 13 heavy (non-hydrogen) atoms. The Morgan fingerprint density at radius 1 is 1.62 bits per heavy atom. The largest absolute Gasteiger partial charge is 0.326 e. The van der Waals surface area contributed by atoms with Crippen molar-refractivity contribution >= 4 is 28.3 Å². The van der Waals surface area contributed by atoms with Crippen LogP contribution in [0.3, 0.4) is 0 Å². The molecule has 0 spiro atoms.